The van der Waals surface area contributed by atoms with Crippen molar-refractivity contribution in [1.29, 1.82) is 0 Å². The lowest BCUT2D eigenvalue weighted by Crippen LogP contribution is -2.33. The molecule has 0 radical (unpaired) electrons. The lowest BCUT2D eigenvalue weighted by atomic mass is 10.0. The van der Waals surface area contributed by atoms with Gasteiger partial charge in [0.1, 0.15) is 0 Å². The van der Waals surface area contributed by atoms with Crippen LogP contribution in [0.25, 0.3) is 0 Å². The van der Waals surface area contributed by atoms with Gasteiger partial charge in [0.05, 0.1) is 6.61 Å². The number of methoxy groups -OCH3 is 1. The summed E-state index contributed by atoms with van der Waals surface area (Å²) in [5.41, 5.74) is 1.43. The Kier molecular flexibility index (Phi) is 8.03. The second-order valence-corrected chi connectivity index (χ2v) is 13.1. The van der Waals surface area contributed by atoms with Crippen LogP contribution >= 0.6 is 15.9 Å². The fourth-order valence-electron chi connectivity index (χ4n) is 2.56. The molecule has 1 aromatic carbocycles. The van der Waals surface area contributed by atoms with E-state index in [-0.39, 0.29) is 0 Å². The summed E-state index contributed by atoms with van der Waals surface area (Å²) in [6, 6.07) is 10.1. The van der Waals surface area contributed by atoms with Gasteiger partial charge in [-0.1, -0.05) is 53.7 Å². The van der Waals surface area contributed by atoms with E-state index in [9.17, 15) is 0 Å². The van der Waals surface area contributed by atoms with E-state index in [0.29, 0.717) is 5.92 Å². The molecule has 1 N–H and O–H groups in total. The summed E-state index contributed by atoms with van der Waals surface area (Å²) < 4.78 is 6.27. The fraction of sp³-hybridized carbons (Fsp3) is 0.625. The van der Waals surface area contributed by atoms with Gasteiger partial charge in [-0.05, 0) is 36.6 Å². The highest BCUT2D eigenvalue weighted by Gasteiger charge is 2.20. The Morgan fingerprint density at radius 3 is 2.65 bits per heavy atom. The average molecular weight is 358 g/mol. The number of halogens is 1. The molecule has 0 aliphatic rings. The van der Waals surface area contributed by atoms with Gasteiger partial charge in [0.25, 0.3) is 0 Å². The van der Waals surface area contributed by atoms with Gasteiger partial charge in [-0.2, -0.15) is 0 Å². The van der Waals surface area contributed by atoms with E-state index in [1.165, 1.54) is 16.1 Å². The first kappa shape index (κ1) is 17.9. The Hall–Kier alpha value is -0.163. The predicted molar refractivity (Wildman–Crippen MR) is 94.2 cm³/mol. The first-order chi connectivity index (χ1) is 9.40. The highest BCUT2D eigenvalue weighted by molar-refractivity contribution is 9.10. The van der Waals surface area contributed by atoms with E-state index in [1.807, 2.05) is 0 Å². The molecule has 0 bridgehead atoms. The predicted octanol–water partition coefficient (Wildman–Crippen LogP) is 4.18. The third-order valence-electron chi connectivity index (χ3n) is 3.23. The number of hydrogen-bond acceptors (Lipinski definition) is 2. The number of nitrogens with one attached hydrogen (secondary N) is 1. The molecule has 0 fully saturated rings. The standard InChI is InChI=1S/C16H28BrNOSi/c1-19-9-8-18-12-15(13-20(2,3)4)10-14-6-5-7-16(17)11-14/h5-7,11,15,18H,8-10,12-13H2,1-4H3. The summed E-state index contributed by atoms with van der Waals surface area (Å²) in [6.07, 6.45) is 1.16. The Morgan fingerprint density at radius 1 is 1.30 bits per heavy atom. The lowest BCUT2D eigenvalue weighted by molar-refractivity contribution is 0.198. The topological polar surface area (TPSA) is 21.3 Å². The highest BCUT2D eigenvalue weighted by Crippen LogP contribution is 2.22. The van der Waals surface area contributed by atoms with Gasteiger partial charge >= 0.3 is 0 Å². The highest BCUT2D eigenvalue weighted by atomic mass is 79.9. The molecule has 0 saturated heterocycles. The van der Waals surface area contributed by atoms with Gasteiger partial charge in [0, 0.05) is 26.2 Å². The van der Waals surface area contributed by atoms with Crippen molar-refractivity contribution in [2.24, 2.45) is 5.92 Å². The van der Waals surface area contributed by atoms with E-state index in [0.717, 1.165) is 26.1 Å². The minimum absolute atomic E-state index is 0.716. The SMILES string of the molecule is COCCNCC(Cc1cccc(Br)c1)C[Si](C)(C)C. The molecule has 1 atom stereocenters. The molecule has 114 valence electrons. The summed E-state index contributed by atoms with van der Waals surface area (Å²) in [4.78, 5) is 0. The number of rotatable bonds is 9. The molecule has 0 aliphatic heterocycles. The quantitative estimate of drug-likeness (QED) is 0.528. The van der Waals surface area contributed by atoms with Crippen molar-refractivity contribution >= 4 is 24.0 Å². The zero-order valence-electron chi connectivity index (χ0n) is 13.2. The largest absolute Gasteiger partial charge is 0.383 e. The Bertz CT molecular complexity index is 392. The van der Waals surface area contributed by atoms with Gasteiger partial charge in [-0.25, -0.2) is 0 Å². The fourth-order valence-corrected chi connectivity index (χ4v) is 5.03. The maximum Gasteiger partial charge on any atom is 0.0587 e. The van der Waals surface area contributed by atoms with Crippen LogP contribution in [0.2, 0.25) is 25.7 Å². The number of hydrogen-bond donors (Lipinski definition) is 1. The third-order valence-corrected chi connectivity index (χ3v) is 5.53. The molecule has 0 amide bonds. The second-order valence-electron chi connectivity index (χ2n) is 6.66. The minimum atomic E-state index is -1.04. The molecule has 0 aliphatic carbocycles. The van der Waals surface area contributed by atoms with Crippen LogP contribution in [0.15, 0.2) is 28.7 Å². The van der Waals surface area contributed by atoms with Crippen LogP contribution in [0, 0.1) is 5.92 Å². The van der Waals surface area contributed by atoms with Crippen LogP contribution in [-0.4, -0.2) is 34.9 Å². The first-order valence-corrected chi connectivity index (χ1v) is 11.8. The summed E-state index contributed by atoms with van der Waals surface area (Å²) in [5.74, 6) is 0.716. The molecule has 0 aromatic heterocycles. The summed E-state index contributed by atoms with van der Waals surface area (Å²) in [7, 11) is 0.713. The summed E-state index contributed by atoms with van der Waals surface area (Å²) >= 11 is 3.56. The van der Waals surface area contributed by atoms with Gasteiger partial charge in [-0.15, -0.1) is 0 Å². The molecule has 20 heavy (non-hydrogen) atoms. The van der Waals surface area contributed by atoms with Crippen molar-refractivity contribution in [1.82, 2.24) is 5.32 Å². The number of ether oxygens (including phenoxy) is 1. The van der Waals surface area contributed by atoms with E-state index in [1.54, 1.807) is 7.11 Å². The summed E-state index contributed by atoms with van der Waals surface area (Å²) in [5, 5.41) is 3.53. The Morgan fingerprint density at radius 2 is 2.05 bits per heavy atom. The Labute approximate surface area is 133 Å². The van der Waals surface area contributed by atoms with Crippen molar-refractivity contribution in [2.45, 2.75) is 32.1 Å². The van der Waals surface area contributed by atoms with Crippen molar-refractivity contribution in [3.05, 3.63) is 34.3 Å². The van der Waals surface area contributed by atoms with Crippen LogP contribution < -0.4 is 5.32 Å². The molecule has 0 spiro atoms. The molecule has 1 rings (SSSR count). The Balaban J connectivity index is 2.57. The zero-order chi connectivity index (χ0) is 15.0. The normalized spacial score (nSPS) is 13.4. The monoisotopic (exact) mass is 357 g/mol. The van der Waals surface area contributed by atoms with Crippen LogP contribution in [-0.2, 0) is 11.2 Å². The van der Waals surface area contributed by atoms with Crippen LogP contribution in [0.3, 0.4) is 0 Å². The molecule has 0 heterocycles. The molecule has 4 heteroatoms. The van der Waals surface area contributed by atoms with Crippen molar-refractivity contribution in [3.63, 3.8) is 0 Å². The van der Waals surface area contributed by atoms with Crippen LogP contribution in [0.5, 0.6) is 0 Å². The van der Waals surface area contributed by atoms with Crippen molar-refractivity contribution in [2.75, 3.05) is 26.8 Å². The third kappa shape index (κ3) is 8.20. The van der Waals surface area contributed by atoms with Gasteiger partial charge in [-0.3, -0.25) is 0 Å². The molecular formula is C16H28BrNOSi. The number of benzene rings is 1. The zero-order valence-corrected chi connectivity index (χ0v) is 15.8. The summed E-state index contributed by atoms with van der Waals surface area (Å²) in [6.45, 7) is 10.2. The van der Waals surface area contributed by atoms with E-state index in [4.69, 9.17) is 4.74 Å². The minimum Gasteiger partial charge on any atom is -0.383 e. The smallest absolute Gasteiger partial charge is 0.0587 e. The van der Waals surface area contributed by atoms with E-state index in [2.05, 4.69) is 65.2 Å². The van der Waals surface area contributed by atoms with Gasteiger partial charge in [0.2, 0.25) is 0 Å². The van der Waals surface area contributed by atoms with Gasteiger partial charge in [0.15, 0.2) is 0 Å². The van der Waals surface area contributed by atoms with Crippen molar-refractivity contribution < 1.29 is 4.74 Å². The molecular weight excluding hydrogens is 330 g/mol. The molecule has 2 nitrogen and oxygen atoms in total. The van der Waals surface area contributed by atoms with E-state index < -0.39 is 8.07 Å². The van der Waals surface area contributed by atoms with E-state index >= 15 is 0 Å². The lowest BCUT2D eigenvalue weighted by Gasteiger charge is -2.25. The van der Waals surface area contributed by atoms with Crippen molar-refractivity contribution in [3.8, 4) is 0 Å². The van der Waals surface area contributed by atoms with Crippen LogP contribution in [0.1, 0.15) is 5.56 Å². The maximum atomic E-state index is 5.10. The molecule has 1 unspecified atom stereocenters. The average Bonchev–Trinajstić information content (AvgIpc) is 2.32. The second kappa shape index (κ2) is 8.98. The van der Waals surface area contributed by atoms with Crippen LogP contribution in [0.4, 0.5) is 0 Å². The van der Waals surface area contributed by atoms with Gasteiger partial charge < -0.3 is 10.1 Å². The molecule has 1 aromatic rings. The maximum absolute atomic E-state index is 5.10. The first-order valence-electron chi connectivity index (χ1n) is 7.35. The molecule has 0 saturated carbocycles.